The van der Waals surface area contributed by atoms with E-state index in [1.165, 1.54) is 36.4 Å². The molecule has 0 fully saturated rings. The van der Waals surface area contributed by atoms with Crippen molar-refractivity contribution in [3.63, 3.8) is 0 Å². The molecular formula is C23H24N2O8. The van der Waals surface area contributed by atoms with Crippen LogP contribution in [0.5, 0.6) is 0 Å². The second-order valence-corrected chi connectivity index (χ2v) is 6.95. The Balaban J connectivity index is 0.000000675. The first-order valence-electron chi connectivity index (χ1n) is 9.72. The minimum absolute atomic E-state index is 0.0880. The summed E-state index contributed by atoms with van der Waals surface area (Å²) < 4.78 is 0. The zero-order chi connectivity index (χ0) is 25.2. The molecule has 2 aromatic carbocycles. The first-order valence-corrected chi connectivity index (χ1v) is 9.72. The monoisotopic (exact) mass is 456 g/mol. The topological polar surface area (TPSA) is 199 Å². The van der Waals surface area contributed by atoms with Gasteiger partial charge in [0.15, 0.2) is 0 Å². The number of ketones is 2. The van der Waals surface area contributed by atoms with Crippen LogP contribution in [0.1, 0.15) is 40.5 Å². The van der Waals surface area contributed by atoms with Crippen molar-refractivity contribution in [2.24, 2.45) is 5.73 Å². The lowest BCUT2D eigenvalue weighted by molar-refractivity contribution is -0.187. The third kappa shape index (κ3) is 5.67. The number of hydrogen-bond acceptors (Lipinski definition) is 8. The lowest BCUT2D eigenvalue weighted by Gasteiger charge is -2.34. The van der Waals surface area contributed by atoms with Gasteiger partial charge < -0.3 is 26.2 Å². The van der Waals surface area contributed by atoms with Gasteiger partial charge in [-0.1, -0.05) is 67.6 Å². The molecule has 10 heteroatoms. The number of carbonyl (C=O) groups excluding carboxylic acids is 2. The third-order valence-corrected chi connectivity index (χ3v) is 4.75. The Morgan fingerprint density at radius 2 is 1.18 bits per heavy atom. The van der Waals surface area contributed by atoms with Crippen molar-refractivity contribution in [3.8, 4) is 6.07 Å². The summed E-state index contributed by atoms with van der Waals surface area (Å²) in [5.41, 5.74) is -3.32. The van der Waals surface area contributed by atoms with E-state index < -0.39 is 45.8 Å². The second kappa shape index (κ2) is 11.6. The van der Waals surface area contributed by atoms with Crippen LogP contribution in [0.3, 0.4) is 0 Å². The number of hydrogen-bond donors (Lipinski definition) is 5. The molecule has 0 amide bonds. The van der Waals surface area contributed by atoms with E-state index in [9.17, 15) is 39.6 Å². The standard InChI is InChI=1S/C18H14O8.C5H10N2/c19-13(11-7-3-1-4-8-11)17(25,15(21)22)18(26,16(23)24)14(20)12-9-5-2-6-10-12;1-2-5(7)3-4-6/h1-10,25-26H,(H,21,22)(H,23,24);5H,2-3,7H2,1H3/t17-,18-;5-/m11/s1. The van der Waals surface area contributed by atoms with Crippen molar-refractivity contribution < 1.29 is 39.6 Å². The minimum atomic E-state index is -3.95. The van der Waals surface area contributed by atoms with E-state index in [1.54, 1.807) is 0 Å². The van der Waals surface area contributed by atoms with Crippen molar-refractivity contribution >= 4 is 23.5 Å². The van der Waals surface area contributed by atoms with Gasteiger partial charge in [-0.25, -0.2) is 9.59 Å². The highest BCUT2D eigenvalue weighted by Gasteiger charge is 2.69. The van der Waals surface area contributed by atoms with Crippen molar-refractivity contribution in [1.82, 2.24) is 0 Å². The molecule has 33 heavy (non-hydrogen) atoms. The molecule has 0 aliphatic carbocycles. The van der Waals surface area contributed by atoms with Gasteiger partial charge in [-0.05, 0) is 6.42 Å². The van der Waals surface area contributed by atoms with Gasteiger partial charge in [0.05, 0.1) is 12.5 Å². The largest absolute Gasteiger partial charge is 0.479 e. The number of nitrogens with two attached hydrogens (primary N) is 1. The average Bonchev–Trinajstić information content (AvgIpc) is 2.83. The van der Waals surface area contributed by atoms with Crippen LogP contribution < -0.4 is 5.73 Å². The Bertz CT molecular complexity index is 962. The smallest absolute Gasteiger partial charge is 0.348 e. The van der Waals surface area contributed by atoms with Gasteiger partial charge in [0.2, 0.25) is 11.6 Å². The summed E-state index contributed by atoms with van der Waals surface area (Å²) in [5.74, 6) is -8.03. The van der Waals surface area contributed by atoms with Gasteiger partial charge in [0.1, 0.15) is 0 Å². The van der Waals surface area contributed by atoms with Crippen LogP contribution in [0, 0.1) is 11.3 Å². The number of nitriles is 1. The lowest BCUT2D eigenvalue weighted by Crippen LogP contribution is -2.71. The van der Waals surface area contributed by atoms with E-state index >= 15 is 0 Å². The molecule has 0 saturated heterocycles. The zero-order valence-corrected chi connectivity index (χ0v) is 17.7. The van der Waals surface area contributed by atoms with Crippen LogP contribution in [0.25, 0.3) is 0 Å². The van der Waals surface area contributed by atoms with Gasteiger partial charge >= 0.3 is 11.9 Å². The molecule has 0 bridgehead atoms. The summed E-state index contributed by atoms with van der Waals surface area (Å²) >= 11 is 0. The fourth-order valence-corrected chi connectivity index (χ4v) is 2.69. The van der Waals surface area contributed by atoms with Crippen LogP contribution in [-0.4, -0.2) is 61.2 Å². The molecule has 0 aromatic heterocycles. The summed E-state index contributed by atoms with van der Waals surface area (Å²) in [4.78, 5) is 48.5. The number of carboxylic acid groups (broad SMARTS) is 2. The number of nitrogens with zero attached hydrogens (tertiary/aromatic N) is 1. The Morgan fingerprint density at radius 1 is 0.848 bits per heavy atom. The number of Topliss-reactive ketones (excluding diaryl/α,β-unsaturated/α-hetero) is 2. The van der Waals surface area contributed by atoms with Crippen LogP contribution in [0.4, 0.5) is 0 Å². The van der Waals surface area contributed by atoms with Gasteiger partial charge in [-0.2, -0.15) is 5.26 Å². The summed E-state index contributed by atoms with van der Waals surface area (Å²) in [5, 5.41) is 47.9. The molecule has 0 aliphatic heterocycles. The van der Waals surface area contributed by atoms with E-state index in [0.29, 0.717) is 6.42 Å². The van der Waals surface area contributed by atoms with Crippen LogP contribution in [-0.2, 0) is 9.59 Å². The predicted octanol–water partition coefficient (Wildman–Crippen LogP) is 1.02. The fourth-order valence-electron chi connectivity index (χ4n) is 2.69. The number of benzene rings is 2. The summed E-state index contributed by atoms with van der Waals surface area (Å²) in [6.45, 7) is 1.97. The predicted molar refractivity (Wildman–Crippen MR) is 115 cm³/mol. The molecule has 0 radical (unpaired) electrons. The summed E-state index contributed by atoms with van der Waals surface area (Å²) in [6.07, 6.45) is 1.38. The maximum absolute atomic E-state index is 12.6. The molecular weight excluding hydrogens is 432 g/mol. The molecule has 0 unspecified atom stereocenters. The van der Waals surface area contributed by atoms with Crippen molar-refractivity contribution in [2.45, 2.75) is 37.0 Å². The molecule has 3 atom stereocenters. The van der Waals surface area contributed by atoms with E-state index in [1.807, 2.05) is 13.0 Å². The Kier molecular flexibility index (Phi) is 9.56. The highest BCUT2D eigenvalue weighted by molar-refractivity contribution is 6.28. The summed E-state index contributed by atoms with van der Waals surface area (Å²) in [6, 6.07) is 14.9. The van der Waals surface area contributed by atoms with Gasteiger partial charge in [0, 0.05) is 17.2 Å². The van der Waals surface area contributed by atoms with Crippen LogP contribution >= 0.6 is 0 Å². The molecule has 10 nitrogen and oxygen atoms in total. The maximum Gasteiger partial charge on any atom is 0.348 e. The third-order valence-electron chi connectivity index (χ3n) is 4.75. The maximum atomic E-state index is 12.6. The quantitative estimate of drug-likeness (QED) is 0.268. The van der Waals surface area contributed by atoms with E-state index in [0.717, 1.165) is 30.7 Å². The van der Waals surface area contributed by atoms with Crippen molar-refractivity contribution in [2.75, 3.05) is 0 Å². The number of aliphatic hydroxyl groups is 2. The molecule has 0 saturated carbocycles. The van der Waals surface area contributed by atoms with E-state index in [4.69, 9.17) is 11.0 Å². The Labute approximate surface area is 189 Å². The highest BCUT2D eigenvalue weighted by atomic mass is 16.5. The second-order valence-electron chi connectivity index (χ2n) is 6.95. The molecule has 2 rings (SSSR count). The van der Waals surface area contributed by atoms with Crippen molar-refractivity contribution in [1.29, 1.82) is 5.26 Å². The van der Waals surface area contributed by atoms with Gasteiger partial charge in [-0.15, -0.1) is 0 Å². The molecule has 174 valence electrons. The number of carbonyl (C=O) groups is 4. The first-order chi connectivity index (χ1) is 15.5. The lowest BCUT2D eigenvalue weighted by atomic mass is 9.73. The van der Waals surface area contributed by atoms with Crippen LogP contribution in [0.2, 0.25) is 0 Å². The number of carboxylic acids is 2. The molecule has 2 aromatic rings. The SMILES string of the molecule is CC[C@@H](N)CC#N.O=C(O)[C@](O)(C(=O)c1ccccc1)[C@](O)(C(=O)O)C(=O)c1ccccc1. The van der Waals surface area contributed by atoms with E-state index in [2.05, 4.69) is 0 Å². The number of aliphatic carboxylic acids is 2. The molecule has 6 N–H and O–H groups in total. The van der Waals surface area contributed by atoms with Crippen molar-refractivity contribution in [3.05, 3.63) is 71.8 Å². The molecule has 0 spiro atoms. The normalized spacial score (nSPS) is 14.8. The summed E-state index contributed by atoms with van der Waals surface area (Å²) in [7, 11) is 0. The fraction of sp³-hybridized carbons (Fsp3) is 0.261. The Hall–Kier alpha value is -3.91. The Morgan fingerprint density at radius 3 is 1.39 bits per heavy atom. The first kappa shape index (κ1) is 27.1. The minimum Gasteiger partial charge on any atom is -0.479 e. The van der Waals surface area contributed by atoms with Gasteiger partial charge in [-0.3, -0.25) is 9.59 Å². The van der Waals surface area contributed by atoms with Crippen LogP contribution in [0.15, 0.2) is 60.7 Å². The highest BCUT2D eigenvalue weighted by Crippen LogP contribution is 2.31. The average molecular weight is 456 g/mol. The van der Waals surface area contributed by atoms with E-state index in [-0.39, 0.29) is 6.04 Å². The van der Waals surface area contributed by atoms with Gasteiger partial charge in [0.25, 0.3) is 11.2 Å². The molecule has 0 aliphatic rings. The number of rotatable bonds is 9. The molecule has 0 heterocycles. The zero-order valence-electron chi connectivity index (χ0n) is 17.7.